The van der Waals surface area contributed by atoms with Crippen molar-refractivity contribution >= 4 is 11.8 Å². The third-order valence-corrected chi connectivity index (χ3v) is 2.28. The summed E-state index contributed by atoms with van der Waals surface area (Å²) in [5.74, 6) is 0.446. The molecule has 0 aliphatic carbocycles. The van der Waals surface area contributed by atoms with Gasteiger partial charge in [-0.1, -0.05) is 0 Å². The minimum atomic E-state index is -0.279. The van der Waals surface area contributed by atoms with Crippen LogP contribution in [0.4, 0.5) is 5.82 Å². The Labute approximate surface area is 95.5 Å². The van der Waals surface area contributed by atoms with Crippen molar-refractivity contribution in [3.05, 3.63) is 18.1 Å². The molecule has 0 N–H and O–H groups in total. The topological polar surface area (TPSA) is 55.3 Å². The highest BCUT2D eigenvalue weighted by atomic mass is 16.5. The lowest BCUT2D eigenvalue weighted by molar-refractivity contribution is -0.139. The van der Waals surface area contributed by atoms with Crippen LogP contribution in [0.5, 0.6) is 0 Å². The quantitative estimate of drug-likeness (QED) is 0.717. The first-order chi connectivity index (χ1) is 7.56. The summed E-state index contributed by atoms with van der Waals surface area (Å²) in [6.07, 6.45) is 3.25. The first kappa shape index (κ1) is 12.4. The molecule has 0 bridgehead atoms. The first-order valence-electron chi connectivity index (χ1n) is 5.17. The lowest BCUT2D eigenvalue weighted by Gasteiger charge is -2.27. The van der Waals surface area contributed by atoms with E-state index in [1.54, 1.807) is 12.4 Å². The van der Waals surface area contributed by atoms with Gasteiger partial charge < -0.3 is 9.64 Å². The van der Waals surface area contributed by atoms with Crippen LogP contribution in [-0.2, 0) is 9.53 Å². The molecule has 0 amide bonds. The highest BCUT2D eigenvalue weighted by molar-refractivity contribution is 5.75. The van der Waals surface area contributed by atoms with E-state index >= 15 is 0 Å². The molecule has 5 heteroatoms. The molecule has 1 heterocycles. The van der Waals surface area contributed by atoms with Crippen molar-refractivity contribution in [2.24, 2.45) is 0 Å². The Balaban J connectivity index is 2.94. The van der Waals surface area contributed by atoms with Crippen LogP contribution in [0.25, 0.3) is 0 Å². The smallest absolute Gasteiger partial charge is 0.325 e. The summed E-state index contributed by atoms with van der Waals surface area (Å²) in [5, 5.41) is 0. The zero-order valence-electron chi connectivity index (χ0n) is 10.1. The van der Waals surface area contributed by atoms with Gasteiger partial charge in [-0.2, -0.15) is 0 Å². The summed E-state index contributed by atoms with van der Waals surface area (Å²) in [7, 11) is 1.38. The number of methoxy groups -OCH3 is 1. The molecule has 16 heavy (non-hydrogen) atoms. The fourth-order valence-electron chi connectivity index (χ4n) is 1.39. The molecule has 1 aromatic rings. The lowest BCUT2D eigenvalue weighted by atomic mass is 10.3. The number of nitrogens with zero attached hydrogens (tertiary/aromatic N) is 3. The second kappa shape index (κ2) is 5.44. The van der Waals surface area contributed by atoms with Crippen LogP contribution in [0.3, 0.4) is 0 Å². The number of ether oxygens (including phenoxy) is 1. The lowest BCUT2D eigenvalue weighted by Crippen LogP contribution is -2.37. The van der Waals surface area contributed by atoms with E-state index < -0.39 is 0 Å². The standard InChI is InChI=1S/C11H17N3O2/c1-8(2)14(7-10(15)16-4)11-9(3)12-5-6-13-11/h5-6,8H,7H2,1-4H3. The van der Waals surface area contributed by atoms with Crippen LogP contribution in [0.15, 0.2) is 12.4 Å². The van der Waals surface area contributed by atoms with Gasteiger partial charge in [0.15, 0.2) is 5.82 Å². The summed E-state index contributed by atoms with van der Waals surface area (Å²) in [4.78, 5) is 21.6. The van der Waals surface area contributed by atoms with Crippen LogP contribution >= 0.6 is 0 Å². The van der Waals surface area contributed by atoms with Crippen molar-refractivity contribution in [1.82, 2.24) is 9.97 Å². The zero-order chi connectivity index (χ0) is 12.1. The average molecular weight is 223 g/mol. The van der Waals surface area contributed by atoms with Gasteiger partial charge >= 0.3 is 5.97 Å². The number of rotatable bonds is 4. The second-order valence-electron chi connectivity index (χ2n) is 3.76. The van der Waals surface area contributed by atoms with Gasteiger partial charge in [0.25, 0.3) is 0 Å². The molecule has 0 fully saturated rings. The normalized spacial score (nSPS) is 10.3. The molecular weight excluding hydrogens is 206 g/mol. The molecule has 5 nitrogen and oxygen atoms in total. The Morgan fingerprint density at radius 1 is 1.44 bits per heavy atom. The molecule has 0 radical (unpaired) electrons. The SMILES string of the molecule is COC(=O)CN(c1nccnc1C)C(C)C. The second-order valence-corrected chi connectivity index (χ2v) is 3.76. The molecule has 0 unspecified atom stereocenters. The van der Waals surface area contributed by atoms with Gasteiger partial charge in [-0.15, -0.1) is 0 Å². The molecule has 1 rings (SSSR count). The predicted molar refractivity (Wildman–Crippen MR) is 61.3 cm³/mol. The van der Waals surface area contributed by atoms with Crippen molar-refractivity contribution in [3.8, 4) is 0 Å². The largest absolute Gasteiger partial charge is 0.468 e. The number of carbonyl (C=O) groups excluding carboxylic acids is 1. The van der Waals surface area contributed by atoms with Crippen LogP contribution in [0.2, 0.25) is 0 Å². The zero-order valence-corrected chi connectivity index (χ0v) is 10.1. The Kier molecular flexibility index (Phi) is 4.22. The number of aryl methyl sites for hydroxylation is 1. The number of carbonyl (C=O) groups is 1. The maximum Gasteiger partial charge on any atom is 0.325 e. The number of hydrogen-bond donors (Lipinski definition) is 0. The van der Waals surface area contributed by atoms with Crippen molar-refractivity contribution < 1.29 is 9.53 Å². The molecule has 0 aromatic carbocycles. The van der Waals surface area contributed by atoms with Crippen LogP contribution < -0.4 is 4.90 Å². The maximum absolute atomic E-state index is 11.3. The van der Waals surface area contributed by atoms with Gasteiger partial charge in [0.05, 0.1) is 12.8 Å². The average Bonchev–Trinajstić information content (AvgIpc) is 2.26. The third-order valence-electron chi connectivity index (χ3n) is 2.28. The first-order valence-corrected chi connectivity index (χ1v) is 5.17. The molecule has 0 saturated heterocycles. The number of hydrogen-bond acceptors (Lipinski definition) is 5. The van der Waals surface area contributed by atoms with E-state index in [1.165, 1.54) is 7.11 Å². The van der Waals surface area contributed by atoms with Crippen LogP contribution in [-0.4, -0.2) is 35.6 Å². The molecule has 0 saturated carbocycles. The molecule has 0 spiro atoms. The predicted octanol–water partition coefficient (Wildman–Crippen LogP) is 1.17. The molecule has 88 valence electrons. The van der Waals surface area contributed by atoms with Crippen LogP contribution in [0, 0.1) is 6.92 Å². The molecule has 0 atom stereocenters. The number of esters is 1. The monoisotopic (exact) mass is 223 g/mol. The fraction of sp³-hybridized carbons (Fsp3) is 0.545. The molecule has 0 aliphatic heterocycles. The van der Waals surface area contributed by atoms with E-state index in [1.807, 2.05) is 25.7 Å². The maximum atomic E-state index is 11.3. The summed E-state index contributed by atoms with van der Waals surface area (Å²) in [5.41, 5.74) is 0.806. The van der Waals surface area contributed by atoms with Crippen LogP contribution in [0.1, 0.15) is 19.5 Å². The Hall–Kier alpha value is -1.65. The van der Waals surface area contributed by atoms with Crippen molar-refractivity contribution in [2.75, 3.05) is 18.6 Å². The van der Waals surface area contributed by atoms with Gasteiger partial charge in [-0.05, 0) is 20.8 Å². The summed E-state index contributed by atoms with van der Waals surface area (Å²) >= 11 is 0. The van der Waals surface area contributed by atoms with Gasteiger partial charge in [0.1, 0.15) is 6.54 Å². The molecule has 1 aromatic heterocycles. The van der Waals surface area contributed by atoms with Gasteiger partial charge in [0.2, 0.25) is 0 Å². The number of aromatic nitrogens is 2. The van der Waals surface area contributed by atoms with Crippen molar-refractivity contribution in [1.29, 1.82) is 0 Å². The van der Waals surface area contributed by atoms with Gasteiger partial charge in [0, 0.05) is 18.4 Å². The Morgan fingerprint density at radius 2 is 2.06 bits per heavy atom. The van der Waals surface area contributed by atoms with E-state index in [4.69, 9.17) is 0 Å². The van der Waals surface area contributed by atoms with Gasteiger partial charge in [-0.3, -0.25) is 9.78 Å². The highest BCUT2D eigenvalue weighted by Gasteiger charge is 2.18. The van der Waals surface area contributed by atoms with Crippen molar-refractivity contribution in [2.45, 2.75) is 26.8 Å². The van der Waals surface area contributed by atoms with E-state index in [0.29, 0.717) is 0 Å². The Morgan fingerprint density at radius 3 is 2.56 bits per heavy atom. The molecular formula is C11H17N3O2. The van der Waals surface area contributed by atoms with E-state index in [2.05, 4.69) is 14.7 Å². The minimum absolute atomic E-state index is 0.162. The van der Waals surface area contributed by atoms with Gasteiger partial charge in [-0.25, -0.2) is 4.98 Å². The third kappa shape index (κ3) is 2.92. The molecule has 0 aliphatic rings. The fourth-order valence-corrected chi connectivity index (χ4v) is 1.39. The minimum Gasteiger partial charge on any atom is -0.468 e. The highest BCUT2D eigenvalue weighted by Crippen LogP contribution is 2.16. The summed E-state index contributed by atoms with van der Waals surface area (Å²) in [6.45, 7) is 6.05. The number of anilines is 1. The van der Waals surface area contributed by atoms with E-state index in [-0.39, 0.29) is 18.6 Å². The van der Waals surface area contributed by atoms with Crippen molar-refractivity contribution in [3.63, 3.8) is 0 Å². The summed E-state index contributed by atoms with van der Waals surface area (Å²) in [6, 6.07) is 0.162. The summed E-state index contributed by atoms with van der Waals surface area (Å²) < 4.78 is 4.66. The Bertz CT molecular complexity index is 366. The van der Waals surface area contributed by atoms with E-state index in [0.717, 1.165) is 11.5 Å². The van der Waals surface area contributed by atoms with E-state index in [9.17, 15) is 4.79 Å².